The van der Waals surface area contributed by atoms with Crippen LogP contribution in [-0.2, 0) is 16.0 Å². The Morgan fingerprint density at radius 2 is 1.83 bits per heavy atom. The highest BCUT2D eigenvalue weighted by molar-refractivity contribution is 6.02. The number of hydrogen-bond acceptors (Lipinski definition) is 3. The number of allylic oxidation sites excluding steroid dienone is 2. The number of carboxylic acid groups (broad SMARTS) is 1. The van der Waals surface area contributed by atoms with Crippen LogP contribution in [0.2, 0.25) is 0 Å². The van der Waals surface area contributed by atoms with Crippen molar-refractivity contribution in [2.45, 2.75) is 38.9 Å². The number of nitrogens with one attached hydrogen (secondary N) is 1. The number of aliphatic carboxylic acids is 1. The Kier molecular flexibility index (Phi) is 4.73. The highest BCUT2D eigenvalue weighted by Gasteiger charge is 2.51. The summed E-state index contributed by atoms with van der Waals surface area (Å²) in [6, 6.07) is 7.65. The lowest BCUT2D eigenvalue weighted by molar-refractivity contribution is -0.168. The fourth-order valence-electron chi connectivity index (χ4n) is 2.89. The summed E-state index contributed by atoms with van der Waals surface area (Å²) < 4.78 is 38.3. The van der Waals surface area contributed by atoms with Crippen molar-refractivity contribution in [2.24, 2.45) is 5.41 Å². The Morgan fingerprint density at radius 3 is 2.29 bits per heavy atom. The Balaban J connectivity index is 2.25. The molecule has 0 saturated carbocycles. The van der Waals surface area contributed by atoms with E-state index in [4.69, 9.17) is 0 Å². The molecule has 4 nitrogen and oxygen atoms in total. The number of carboxylic acids is 1. The molecule has 0 spiro atoms. The van der Waals surface area contributed by atoms with E-state index in [9.17, 15) is 27.9 Å². The molecule has 0 amide bonds. The van der Waals surface area contributed by atoms with Crippen molar-refractivity contribution in [3.05, 3.63) is 47.2 Å². The van der Waals surface area contributed by atoms with E-state index in [1.54, 1.807) is 30.3 Å². The predicted octanol–water partition coefficient (Wildman–Crippen LogP) is 3.09. The number of halogens is 3. The summed E-state index contributed by atoms with van der Waals surface area (Å²) >= 11 is 0. The van der Waals surface area contributed by atoms with Gasteiger partial charge in [-0.05, 0) is 12.0 Å². The van der Waals surface area contributed by atoms with Crippen LogP contribution in [0.5, 0.6) is 0 Å². The first-order valence-corrected chi connectivity index (χ1v) is 7.41. The van der Waals surface area contributed by atoms with E-state index in [-0.39, 0.29) is 24.1 Å². The maximum atomic E-state index is 12.8. The molecule has 0 bridgehead atoms. The van der Waals surface area contributed by atoms with Gasteiger partial charge in [0.25, 0.3) is 5.78 Å². The number of ketones is 1. The molecule has 2 rings (SSSR count). The molecule has 7 heteroatoms. The summed E-state index contributed by atoms with van der Waals surface area (Å²) in [4.78, 5) is 23.0. The smallest absolute Gasteiger partial charge is 0.454 e. The Morgan fingerprint density at radius 1 is 1.25 bits per heavy atom. The number of carbonyl (C=O) groups excluding carboxylic acids is 1. The molecular formula is C17H18F3NO3. The normalized spacial score (nSPS) is 17.9. The molecular weight excluding hydrogens is 323 g/mol. The molecule has 0 heterocycles. The van der Waals surface area contributed by atoms with Crippen LogP contribution in [0.1, 0.15) is 25.8 Å². The van der Waals surface area contributed by atoms with Crippen LogP contribution in [0.25, 0.3) is 0 Å². The molecule has 2 N–H and O–H groups in total. The van der Waals surface area contributed by atoms with E-state index >= 15 is 0 Å². The Hall–Kier alpha value is -2.31. The number of alkyl halides is 3. The second-order valence-corrected chi connectivity index (χ2v) is 6.47. The van der Waals surface area contributed by atoms with Crippen molar-refractivity contribution in [3.8, 4) is 0 Å². The number of carbonyl (C=O) groups is 2. The number of rotatable bonds is 6. The molecule has 1 aliphatic rings. The molecule has 1 aliphatic carbocycles. The molecule has 0 radical (unpaired) electrons. The molecule has 130 valence electrons. The van der Waals surface area contributed by atoms with Crippen LogP contribution in [0.15, 0.2) is 41.6 Å². The van der Waals surface area contributed by atoms with Crippen molar-refractivity contribution < 1.29 is 27.9 Å². The number of hydrogen-bond donors (Lipinski definition) is 2. The summed E-state index contributed by atoms with van der Waals surface area (Å²) in [6.45, 7) is 3.06. The third-order valence-corrected chi connectivity index (χ3v) is 4.01. The zero-order chi connectivity index (χ0) is 18.1. The quantitative estimate of drug-likeness (QED) is 0.834. The highest BCUT2D eigenvalue weighted by atomic mass is 19.4. The Labute approximate surface area is 137 Å². The van der Waals surface area contributed by atoms with Crippen LogP contribution in [0.3, 0.4) is 0 Å². The van der Waals surface area contributed by atoms with Crippen molar-refractivity contribution in [1.82, 2.24) is 5.32 Å². The number of Topliss-reactive ketones (excluding diaryl/α,β-unsaturated/α-hetero) is 1. The first-order valence-electron chi connectivity index (χ1n) is 7.41. The molecule has 0 saturated heterocycles. The summed E-state index contributed by atoms with van der Waals surface area (Å²) in [5.41, 5.74) is -0.509. The first kappa shape index (κ1) is 18.0. The van der Waals surface area contributed by atoms with Crippen molar-refractivity contribution in [1.29, 1.82) is 0 Å². The lowest BCUT2D eigenvalue weighted by atomic mass is 9.67. The van der Waals surface area contributed by atoms with Gasteiger partial charge in [0.2, 0.25) is 0 Å². The van der Waals surface area contributed by atoms with E-state index in [2.05, 4.69) is 5.32 Å². The maximum absolute atomic E-state index is 12.8. The van der Waals surface area contributed by atoms with E-state index in [1.165, 1.54) is 13.8 Å². The van der Waals surface area contributed by atoms with Gasteiger partial charge < -0.3 is 10.4 Å². The monoisotopic (exact) mass is 341 g/mol. The lowest BCUT2D eigenvalue weighted by Crippen LogP contribution is -2.47. The average molecular weight is 341 g/mol. The van der Waals surface area contributed by atoms with E-state index in [0.29, 0.717) is 0 Å². The molecule has 0 aromatic heterocycles. The van der Waals surface area contributed by atoms with Crippen LogP contribution < -0.4 is 5.32 Å². The standard InChI is InChI=1S/C17H18F3NO3/c1-16(2)9-12(13(16)14(22)17(18,19)20)21-11(15(23)24)8-10-6-4-3-5-7-10/h3-7,11,21H,8-9H2,1-2H3,(H,23,24). The fraction of sp³-hybridized carbons (Fsp3) is 0.412. The minimum atomic E-state index is -4.97. The minimum absolute atomic E-state index is 0.0608. The van der Waals surface area contributed by atoms with Gasteiger partial charge in [-0.25, -0.2) is 4.79 Å². The van der Waals surface area contributed by atoms with Gasteiger partial charge in [0.05, 0.1) is 0 Å². The van der Waals surface area contributed by atoms with Gasteiger partial charge in [-0.2, -0.15) is 13.2 Å². The predicted molar refractivity (Wildman–Crippen MR) is 81.2 cm³/mol. The molecule has 0 aliphatic heterocycles. The van der Waals surface area contributed by atoms with Gasteiger partial charge in [-0.1, -0.05) is 44.2 Å². The largest absolute Gasteiger partial charge is 0.480 e. The number of benzene rings is 1. The van der Waals surface area contributed by atoms with Gasteiger partial charge in [-0.15, -0.1) is 0 Å². The van der Waals surface area contributed by atoms with Crippen LogP contribution in [0.4, 0.5) is 13.2 Å². The molecule has 24 heavy (non-hydrogen) atoms. The van der Waals surface area contributed by atoms with Gasteiger partial charge >= 0.3 is 12.1 Å². The van der Waals surface area contributed by atoms with E-state index in [1.807, 2.05) is 0 Å². The van der Waals surface area contributed by atoms with Crippen LogP contribution >= 0.6 is 0 Å². The molecule has 1 aromatic carbocycles. The van der Waals surface area contributed by atoms with E-state index < -0.39 is 29.4 Å². The molecule has 1 aromatic rings. The summed E-state index contributed by atoms with van der Waals surface area (Å²) in [5.74, 6) is -3.10. The SMILES string of the molecule is CC1(C)CC(NC(Cc2ccccc2)C(=O)O)=C1C(=O)C(F)(F)F. The second-order valence-electron chi connectivity index (χ2n) is 6.47. The zero-order valence-electron chi connectivity index (χ0n) is 13.3. The van der Waals surface area contributed by atoms with Gasteiger partial charge in [-0.3, -0.25) is 4.79 Å². The van der Waals surface area contributed by atoms with Crippen molar-refractivity contribution >= 4 is 11.8 Å². The molecule has 0 fully saturated rings. The zero-order valence-corrected chi connectivity index (χ0v) is 13.3. The van der Waals surface area contributed by atoms with Gasteiger partial charge in [0.15, 0.2) is 0 Å². The highest BCUT2D eigenvalue weighted by Crippen LogP contribution is 2.47. The third kappa shape index (κ3) is 3.77. The third-order valence-electron chi connectivity index (χ3n) is 4.01. The van der Waals surface area contributed by atoms with Crippen LogP contribution in [-0.4, -0.2) is 29.1 Å². The minimum Gasteiger partial charge on any atom is -0.480 e. The van der Waals surface area contributed by atoms with Gasteiger partial charge in [0, 0.05) is 23.1 Å². The molecule has 1 atom stereocenters. The first-order chi connectivity index (χ1) is 11.0. The maximum Gasteiger partial charge on any atom is 0.454 e. The lowest BCUT2D eigenvalue weighted by Gasteiger charge is -2.41. The van der Waals surface area contributed by atoms with E-state index in [0.717, 1.165) is 5.56 Å². The fourth-order valence-corrected chi connectivity index (χ4v) is 2.89. The topological polar surface area (TPSA) is 66.4 Å². The summed E-state index contributed by atoms with van der Waals surface area (Å²) in [5, 5.41) is 11.9. The summed E-state index contributed by atoms with van der Waals surface area (Å²) in [6.07, 6.45) is -4.67. The van der Waals surface area contributed by atoms with Crippen LogP contribution in [0, 0.1) is 5.41 Å². The van der Waals surface area contributed by atoms with Crippen molar-refractivity contribution in [3.63, 3.8) is 0 Å². The average Bonchev–Trinajstić information content (AvgIpc) is 2.45. The van der Waals surface area contributed by atoms with Gasteiger partial charge in [0.1, 0.15) is 6.04 Å². The van der Waals surface area contributed by atoms with Crippen molar-refractivity contribution in [2.75, 3.05) is 0 Å². The molecule has 1 unspecified atom stereocenters. The summed E-state index contributed by atoms with van der Waals surface area (Å²) in [7, 11) is 0. The second kappa shape index (κ2) is 6.30. The Bertz CT molecular complexity index is 678.